The summed E-state index contributed by atoms with van der Waals surface area (Å²) in [6, 6.07) is 8.62. The van der Waals surface area contributed by atoms with Gasteiger partial charge in [0.25, 0.3) is 5.92 Å². The maximum Gasteiger partial charge on any atom is 0.270 e. The number of benzene rings is 1. The van der Waals surface area contributed by atoms with Gasteiger partial charge in [-0.2, -0.15) is 0 Å². The Morgan fingerprint density at radius 2 is 1.89 bits per heavy atom. The van der Waals surface area contributed by atoms with E-state index in [-0.39, 0.29) is 22.7 Å². The fourth-order valence-electron chi connectivity index (χ4n) is 4.04. The number of alkyl halides is 2. The van der Waals surface area contributed by atoms with E-state index >= 15 is 0 Å². The lowest BCUT2D eigenvalue weighted by Gasteiger charge is -2.33. The van der Waals surface area contributed by atoms with E-state index in [1.54, 1.807) is 23.5 Å². The number of halogens is 2. The van der Waals surface area contributed by atoms with E-state index < -0.39 is 5.92 Å². The van der Waals surface area contributed by atoms with Crippen molar-refractivity contribution in [2.75, 3.05) is 0 Å². The van der Waals surface area contributed by atoms with Gasteiger partial charge < -0.3 is 0 Å². The number of hydrogen-bond acceptors (Lipinski definition) is 2. The third-order valence-electron chi connectivity index (χ3n) is 5.63. The highest BCUT2D eigenvalue weighted by Crippen LogP contribution is 2.50. The van der Waals surface area contributed by atoms with Crippen LogP contribution in [0.5, 0.6) is 0 Å². The molecule has 3 rings (SSSR count). The Bertz CT molecular complexity index is 884. The first kappa shape index (κ1) is 20.9. The zero-order valence-corrected chi connectivity index (χ0v) is 17.8. The zero-order valence-electron chi connectivity index (χ0n) is 17.0. The average Bonchev–Trinajstić information content (AvgIpc) is 3.26. The van der Waals surface area contributed by atoms with Gasteiger partial charge in [0.1, 0.15) is 5.78 Å². The lowest BCUT2D eigenvalue weighted by Crippen LogP contribution is -2.35. The average molecular weight is 403 g/mol. The molecule has 0 amide bonds. The molecule has 0 aliphatic heterocycles. The second-order valence-corrected chi connectivity index (χ2v) is 9.72. The summed E-state index contributed by atoms with van der Waals surface area (Å²) in [6.45, 7) is 11.0. The van der Waals surface area contributed by atoms with E-state index in [0.717, 1.165) is 41.3 Å². The van der Waals surface area contributed by atoms with Crippen LogP contribution in [0, 0.1) is 11.8 Å². The fourth-order valence-corrected chi connectivity index (χ4v) is 5.13. The van der Waals surface area contributed by atoms with Gasteiger partial charge in [0.15, 0.2) is 0 Å². The number of ketones is 1. The van der Waals surface area contributed by atoms with Gasteiger partial charge in [-0.15, -0.1) is 11.3 Å². The first-order chi connectivity index (χ1) is 13.0. The highest BCUT2D eigenvalue weighted by molar-refractivity contribution is 7.10. The number of allylic oxidation sites excluding steroid dienone is 1. The molecule has 0 unspecified atom stereocenters. The molecule has 1 nitrogen and oxygen atoms in total. The van der Waals surface area contributed by atoms with Crippen LogP contribution in [-0.2, 0) is 16.1 Å². The zero-order chi connectivity index (χ0) is 20.7. The Morgan fingerprint density at radius 3 is 2.46 bits per heavy atom. The smallest absolute Gasteiger partial charge is 0.270 e. The molecule has 0 bridgehead atoms. The number of carbonyl (C=O) groups is 1. The minimum absolute atomic E-state index is 0.0181. The van der Waals surface area contributed by atoms with E-state index in [2.05, 4.69) is 26.5 Å². The summed E-state index contributed by atoms with van der Waals surface area (Å²) in [7, 11) is 0. The van der Waals surface area contributed by atoms with Crippen LogP contribution in [0.25, 0.3) is 11.1 Å². The molecular formula is C24H28F2OS. The predicted molar refractivity (Wildman–Crippen MR) is 113 cm³/mol. The van der Waals surface area contributed by atoms with Crippen LogP contribution in [0.3, 0.4) is 0 Å². The van der Waals surface area contributed by atoms with Gasteiger partial charge in [-0.3, -0.25) is 4.79 Å². The van der Waals surface area contributed by atoms with Gasteiger partial charge >= 0.3 is 0 Å². The van der Waals surface area contributed by atoms with Crippen LogP contribution in [-0.4, -0.2) is 5.78 Å². The maximum absolute atomic E-state index is 13.7. The van der Waals surface area contributed by atoms with Gasteiger partial charge in [-0.25, -0.2) is 8.78 Å². The topological polar surface area (TPSA) is 17.1 Å². The Hall–Kier alpha value is -1.81. The number of hydrogen-bond donors (Lipinski definition) is 0. The monoisotopic (exact) mass is 402 g/mol. The van der Waals surface area contributed by atoms with Crippen LogP contribution in [0.4, 0.5) is 8.78 Å². The van der Waals surface area contributed by atoms with Crippen LogP contribution >= 0.6 is 11.3 Å². The van der Waals surface area contributed by atoms with E-state index in [4.69, 9.17) is 0 Å². The van der Waals surface area contributed by atoms with Crippen molar-refractivity contribution in [3.05, 3.63) is 58.3 Å². The minimum Gasteiger partial charge on any atom is -0.299 e. The lowest BCUT2D eigenvalue weighted by molar-refractivity contribution is -0.124. The van der Waals surface area contributed by atoms with Gasteiger partial charge in [0, 0.05) is 35.1 Å². The van der Waals surface area contributed by atoms with Crippen molar-refractivity contribution in [1.82, 2.24) is 0 Å². The van der Waals surface area contributed by atoms with Crippen LogP contribution in [0.15, 0.2) is 47.9 Å². The molecule has 1 saturated carbocycles. The van der Waals surface area contributed by atoms with E-state index in [1.165, 1.54) is 6.07 Å². The third kappa shape index (κ3) is 4.43. The summed E-state index contributed by atoms with van der Waals surface area (Å²) in [4.78, 5) is 14.1. The normalized spacial score (nSPS) is 16.1. The molecule has 0 saturated heterocycles. The van der Waals surface area contributed by atoms with Gasteiger partial charge in [-0.05, 0) is 54.3 Å². The van der Waals surface area contributed by atoms with Crippen LogP contribution in [0.2, 0.25) is 0 Å². The summed E-state index contributed by atoms with van der Waals surface area (Å²) in [5.74, 6) is -2.18. The van der Waals surface area contributed by atoms with Gasteiger partial charge in [0.05, 0.1) is 0 Å². The Balaban J connectivity index is 1.91. The molecule has 1 aliphatic rings. The largest absolute Gasteiger partial charge is 0.299 e. The Kier molecular flexibility index (Phi) is 5.64. The molecule has 150 valence electrons. The van der Waals surface area contributed by atoms with Crippen molar-refractivity contribution >= 4 is 17.1 Å². The Morgan fingerprint density at radius 1 is 1.21 bits per heavy atom. The van der Waals surface area contributed by atoms with Crippen molar-refractivity contribution in [3.63, 3.8) is 0 Å². The molecule has 1 aromatic heterocycles. The highest BCUT2D eigenvalue weighted by atomic mass is 32.1. The molecule has 0 radical (unpaired) electrons. The van der Waals surface area contributed by atoms with Crippen molar-refractivity contribution in [2.45, 2.75) is 58.3 Å². The first-order valence-corrected chi connectivity index (χ1v) is 10.6. The SMILES string of the molecule is C=C(C)CC(=O)[C@@H](C1CC1)C(C)(C)c1cc(-c2cccc(C(C)(F)F)c2)cs1. The quantitative estimate of drug-likeness (QED) is 0.421. The Labute approximate surface area is 170 Å². The highest BCUT2D eigenvalue weighted by Gasteiger charge is 2.46. The third-order valence-corrected chi connectivity index (χ3v) is 6.90. The van der Waals surface area contributed by atoms with E-state index in [1.807, 2.05) is 18.4 Å². The second kappa shape index (κ2) is 7.55. The molecular weight excluding hydrogens is 374 g/mol. The van der Waals surface area contributed by atoms with E-state index in [9.17, 15) is 13.6 Å². The molecule has 0 spiro atoms. The summed E-state index contributed by atoms with van der Waals surface area (Å²) < 4.78 is 27.4. The van der Waals surface area contributed by atoms with Crippen LogP contribution in [0.1, 0.15) is 57.4 Å². The second-order valence-electron chi connectivity index (χ2n) is 8.81. The molecule has 2 aromatic rings. The number of Topliss-reactive ketones (excluding diaryl/α,β-unsaturated/α-hetero) is 1. The number of thiophene rings is 1. The van der Waals surface area contributed by atoms with E-state index in [0.29, 0.717) is 12.3 Å². The molecule has 1 atom stereocenters. The lowest BCUT2D eigenvalue weighted by atomic mass is 9.71. The maximum atomic E-state index is 13.7. The summed E-state index contributed by atoms with van der Waals surface area (Å²) >= 11 is 1.61. The first-order valence-electron chi connectivity index (χ1n) is 9.75. The standard InChI is InChI=1S/C24H28F2OS/c1-15(2)11-20(27)22(16-9-10-16)23(3,4)21-13-18(14-28-21)17-7-6-8-19(12-17)24(5,25)26/h6-8,12-14,16,22H,1,9-11H2,2-5H3/t22-/m1/s1. The molecule has 1 aliphatic carbocycles. The van der Waals surface area contributed by atoms with Gasteiger partial charge in [0.2, 0.25) is 0 Å². The molecule has 28 heavy (non-hydrogen) atoms. The summed E-state index contributed by atoms with van der Waals surface area (Å²) in [5.41, 5.74) is 2.35. The van der Waals surface area contributed by atoms with Crippen molar-refractivity contribution in [3.8, 4) is 11.1 Å². The van der Waals surface area contributed by atoms with Crippen molar-refractivity contribution in [1.29, 1.82) is 0 Å². The summed E-state index contributed by atoms with van der Waals surface area (Å²) in [5, 5.41) is 2.01. The number of rotatable bonds is 8. The number of carbonyl (C=O) groups excluding carboxylic acids is 1. The molecule has 4 heteroatoms. The van der Waals surface area contributed by atoms with Gasteiger partial charge in [-0.1, -0.05) is 44.2 Å². The van der Waals surface area contributed by atoms with Crippen LogP contribution < -0.4 is 0 Å². The van der Waals surface area contributed by atoms with Crippen molar-refractivity contribution < 1.29 is 13.6 Å². The molecule has 0 N–H and O–H groups in total. The summed E-state index contributed by atoms with van der Waals surface area (Å²) in [6.07, 6.45) is 2.63. The fraction of sp³-hybridized carbons (Fsp3) is 0.458. The molecule has 1 fully saturated rings. The molecule has 1 heterocycles. The molecule has 1 aromatic carbocycles. The predicted octanol–water partition coefficient (Wildman–Crippen LogP) is 7.37. The van der Waals surface area contributed by atoms with Crippen molar-refractivity contribution in [2.24, 2.45) is 11.8 Å². The minimum atomic E-state index is -2.86.